The summed E-state index contributed by atoms with van der Waals surface area (Å²) in [5.41, 5.74) is 4.94. The van der Waals surface area contributed by atoms with Crippen LogP contribution in [0.15, 0.2) is 47.4 Å². The van der Waals surface area contributed by atoms with Gasteiger partial charge in [-0.05, 0) is 36.1 Å². The molecular formula is C17H16N2O2. The summed E-state index contributed by atoms with van der Waals surface area (Å²) >= 11 is 0. The Balaban J connectivity index is 1.66. The third kappa shape index (κ3) is 2.13. The molecule has 4 nitrogen and oxygen atoms in total. The quantitative estimate of drug-likeness (QED) is 0.739. The molecule has 0 unspecified atom stereocenters. The van der Waals surface area contributed by atoms with Crippen LogP contribution in [-0.4, -0.2) is 16.8 Å². The van der Waals surface area contributed by atoms with Crippen LogP contribution >= 0.6 is 0 Å². The van der Waals surface area contributed by atoms with Gasteiger partial charge in [-0.3, -0.25) is 0 Å². The second-order valence-corrected chi connectivity index (χ2v) is 5.40. The molecule has 21 heavy (non-hydrogen) atoms. The first kappa shape index (κ1) is 12.3. The predicted molar refractivity (Wildman–Crippen MR) is 79.4 cm³/mol. The summed E-state index contributed by atoms with van der Waals surface area (Å²) < 4.78 is 12.9. The summed E-state index contributed by atoms with van der Waals surface area (Å²) in [6.45, 7) is 0.827. The monoisotopic (exact) mass is 280 g/mol. The summed E-state index contributed by atoms with van der Waals surface area (Å²) in [7, 11) is 1.69. The molecule has 1 aliphatic rings. The van der Waals surface area contributed by atoms with Gasteiger partial charge in [0.1, 0.15) is 5.75 Å². The zero-order chi connectivity index (χ0) is 14.2. The molecule has 2 aromatic heterocycles. The minimum absolute atomic E-state index is 0.827. The molecule has 0 saturated heterocycles. The van der Waals surface area contributed by atoms with E-state index in [1.54, 1.807) is 7.11 Å². The van der Waals surface area contributed by atoms with Gasteiger partial charge in [-0.1, -0.05) is 17.3 Å². The van der Waals surface area contributed by atoms with Crippen molar-refractivity contribution >= 4 is 0 Å². The van der Waals surface area contributed by atoms with Crippen LogP contribution in [0, 0.1) is 0 Å². The second-order valence-electron chi connectivity index (χ2n) is 5.40. The van der Waals surface area contributed by atoms with Crippen LogP contribution in [0.4, 0.5) is 0 Å². The van der Waals surface area contributed by atoms with E-state index in [2.05, 4.69) is 34.3 Å². The van der Waals surface area contributed by atoms with Gasteiger partial charge in [-0.25, -0.2) is 0 Å². The van der Waals surface area contributed by atoms with Gasteiger partial charge >= 0.3 is 0 Å². The first-order chi connectivity index (χ1) is 10.3. The highest BCUT2D eigenvalue weighted by Gasteiger charge is 2.21. The molecule has 0 bridgehead atoms. The molecule has 0 aliphatic heterocycles. The van der Waals surface area contributed by atoms with Gasteiger partial charge in [0, 0.05) is 30.1 Å². The Bertz CT molecular complexity index is 786. The Morgan fingerprint density at radius 3 is 3.05 bits per heavy atom. The Morgan fingerprint density at radius 2 is 2.14 bits per heavy atom. The van der Waals surface area contributed by atoms with E-state index in [9.17, 15) is 0 Å². The van der Waals surface area contributed by atoms with E-state index in [-0.39, 0.29) is 0 Å². The molecule has 106 valence electrons. The molecule has 1 aliphatic carbocycles. The Hall–Kier alpha value is -2.49. The molecular weight excluding hydrogens is 264 g/mol. The van der Waals surface area contributed by atoms with Gasteiger partial charge in [-0.15, -0.1) is 0 Å². The molecule has 0 amide bonds. The van der Waals surface area contributed by atoms with Crippen molar-refractivity contribution in [2.45, 2.75) is 19.4 Å². The fourth-order valence-electron chi connectivity index (χ4n) is 2.96. The number of ether oxygens (including phenoxy) is 1. The van der Waals surface area contributed by atoms with Gasteiger partial charge < -0.3 is 13.8 Å². The normalized spacial score (nSPS) is 12.8. The third-order valence-electron chi connectivity index (χ3n) is 4.01. The number of hydrogen-bond acceptors (Lipinski definition) is 3. The Morgan fingerprint density at radius 1 is 1.24 bits per heavy atom. The van der Waals surface area contributed by atoms with Crippen molar-refractivity contribution in [2.75, 3.05) is 7.11 Å². The third-order valence-corrected chi connectivity index (χ3v) is 4.01. The Kier molecular flexibility index (Phi) is 2.81. The van der Waals surface area contributed by atoms with Crippen molar-refractivity contribution in [1.29, 1.82) is 0 Å². The number of rotatable bonds is 3. The minimum Gasteiger partial charge on any atom is -0.497 e. The second kappa shape index (κ2) is 4.81. The summed E-state index contributed by atoms with van der Waals surface area (Å²) in [5, 5.41) is 3.92. The average Bonchev–Trinajstić information content (AvgIpc) is 3.12. The van der Waals surface area contributed by atoms with Crippen molar-refractivity contribution < 1.29 is 9.26 Å². The van der Waals surface area contributed by atoms with E-state index in [1.165, 1.54) is 22.3 Å². The molecule has 1 aromatic carbocycles. The van der Waals surface area contributed by atoms with Gasteiger partial charge in [-0.2, -0.15) is 0 Å². The zero-order valence-electron chi connectivity index (χ0n) is 11.9. The van der Waals surface area contributed by atoms with Crippen LogP contribution in [0.1, 0.15) is 16.7 Å². The van der Waals surface area contributed by atoms with Crippen LogP contribution < -0.4 is 4.74 Å². The van der Waals surface area contributed by atoms with Gasteiger partial charge in [0.2, 0.25) is 0 Å². The van der Waals surface area contributed by atoms with E-state index in [0.717, 1.165) is 30.9 Å². The maximum Gasteiger partial charge on any atom is 0.171 e. The summed E-state index contributed by atoms with van der Waals surface area (Å²) in [6.07, 6.45) is 8.25. The Labute approximate surface area is 122 Å². The van der Waals surface area contributed by atoms with Crippen molar-refractivity contribution in [3.8, 4) is 17.1 Å². The predicted octanol–water partition coefficient (Wildman–Crippen LogP) is 3.30. The molecule has 4 heteroatoms. The van der Waals surface area contributed by atoms with Crippen LogP contribution in [-0.2, 0) is 19.4 Å². The lowest BCUT2D eigenvalue weighted by atomic mass is 9.95. The van der Waals surface area contributed by atoms with Crippen LogP contribution in [0.5, 0.6) is 5.75 Å². The van der Waals surface area contributed by atoms with Gasteiger partial charge in [0.15, 0.2) is 5.76 Å². The molecule has 0 radical (unpaired) electrons. The van der Waals surface area contributed by atoms with Crippen molar-refractivity contribution in [1.82, 2.24) is 9.72 Å². The molecule has 0 fully saturated rings. The smallest absolute Gasteiger partial charge is 0.171 e. The van der Waals surface area contributed by atoms with Crippen LogP contribution in [0.2, 0.25) is 0 Å². The first-order valence-corrected chi connectivity index (χ1v) is 7.09. The zero-order valence-corrected chi connectivity index (χ0v) is 11.9. The molecule has 0 atom stereocenters. The lowest BCUT2D eigenvalue weighted by Crippen LogP contribution is -1.98. The van der Waals surface area contributed by atoms with Crippen molar-refractivity contribution in [3.63, 3.8) is 0 Å². The van der Waals surface area contributed by atoms with Crippen molar-refractivity contribution in [2.24, 2.45) is 0 Å². The largest absolute Gasteiger partial charge is 0.497 e. The molecule has 0 spiro atoms. The van der Waals surface area contributed by atoms with Crippen molar-refractivity contribution in [3.05, 3.63) is 59.5 Å². The molecule has 2 heterocycles. The first-order valence-electron chi connectivity index (χ1n) is 7.09. The number of fused-ring (bicyclic) bond motifs is 3. The van der Waals surface area contributed by atoms with E-state index in [4.69, 9.17) is 9.26 Å². The number of hydrogen-bond donors (Lipinski definition) is 0. The summed E-state index contributed by atoms with van der Waals surface area (Å²) in [6, 6.07) is 8.16. The highest BCUT2D eigenvalue weighted by molar-refractivity contribution is 5.67. The molecule has 0 saturated carbocycles. The number of benzene rings is 1. The van der Waals surface area contributed by atoms with Crippen LogP contribution in [0.25, 0.3) is 11.3 Å². The number of aromatic nitrogens is 2. The highest BCUT2D eigenvalue weighted by atomic mass is 16.5. The summed E-state index contributed by atoms with van der Waals surface area (Å²) in [4.78, 5) is 0. The molecule has 3 aromatic rings. The fraction of sp³-hybridized carbons (Fsp3) is 0.235. The van der Waals surface area contributed by atoms with E-state index in [1.807, 2.05) is 18.3 Å². The average molecular weight is 280 g/mol. The number of nitrogens with zero attached hydrogens (tertiary/aromatic N) is 2. The van der Waals surface area contributed by atoms with Gasteiger partial charge in [0.05, 0.1) is 13.3 Å². The number of methoxy groups -OCH3 is 1. The number of aryl methyl sites for hydroxylation is 2. The summed E-state index contributed by atoms with van der Waals surface area (Å²) in [5.74, 6) is 1.82. The van der Waals surface area contributed by atoms with Crippen LogP contribution in [0.3, 0.4) is 0 Å². The maximum atomic E-state index is 5.40. The molecule has 4 rings (SSSR count). The molecule has 0 N–H and O–H groups in total. The highest BCUT2D eigenvalue weighted by Crippen LogP contribution is 2.34. The minimum atomic E-state index is 0.827. The lowest BCUT2D eigenvalue weighted by molar-refractivity contribution is 0.414. The van der Waals surface area contributed by atoms with E-state index in [0.29, 0.717) is 0 Å². The standard InChI is InChI=1S/C17H16N2O2/c1-20-15-4-2-3-12(7-15)9-19-10-14-6-5-13-8-18-21-17(13)16(14)11-19/h2-4,7-8,10-11H,5-6,9H2,1H3. The topological polar surface area (TPSA) is 40.2 Å². The maximum absolute atomic E-state index is 5.40. The van der Waals surface area contributed by atoms with Gasteiger partial charge in [0.25, 0.3) is 0 Å². The SMILES string of the molecule is COc1cccc(Cn2cc3c(c2)-c2oncc2CC3)c1. The van der Waals surface area contributed by atoms with E-state index >= 15 is 0 Å². The lowest BCUT2D eigenvalue weighted by Gasteiger charge is -2.07. The fourth-order valence-corrected chi connectivity index (χ4v) is 2.96. The van der Waals surface area contributed by atoms with E-state index < -0.39 is 0 Å².